The molecule has 5 aromatic rings. The van der Waals surface area contributed by atoms with Crippen molar-refractivity contribution >= 4 is 33.4 Å². The average Bonchev–Trinajstić information content (AvgIpc) is 2.74. The molecular weight excluding hydrogens is 336 g/mol. The Labute approximate surface area is 155 Å². The van der Waals surface area contributed by atoms with E-state index in [1.807, 2.05) is 54.6 Å². The first-order valence-electron chi connectivity index (χ1n) is 8.52. The Kier molecular flexibility index (Phi) is 3.65. The Hall–Kier alpha value is -3.93. The van der Waals surface area contributed by atoms with Crippen molar-refractivity contribution in [3.8, 4) is 11.4 Å². The molecule has 5 rings (SSSR count). The molecule has 6 heteroatoms. The topological polar surface area (TPSA) is 76.5 Å². The van der Waals surface area contributed by atoms with Crippen LogP contribution in [0, 0.1) is 0 Å². The molecule has 0 unspecified atom stereocenters. The standard InChI is InChI=1S/C21H14N6/c1-2-4-17-16(3-1)21(27-20(26-17)14-7-9-22-10-8-14)25-15-5-6-18-19(13-15)24-12-11-23-18/h1-13H,(H,25,26,27). The van der Waals surface area contributed by atoms with Crippen molar-refractivity contribution in [3.63, 3.8) is 0 Å². The number of anilines is 2. The monoisotopic (exact) mass is 350 g/mol. The highest BCUT2D eigenvalue weighted by Crippen LogP contribution is 2.27. The summed E-state index contributed by atoms with van der Waals surface area (Å²) in [5.41, 5.74) is 4.38. The first-order valence-corrected chi connectivity index (χ1v) is 8.52. The van der Waals surface area contributed by atoms with Crippen molar-refractivity contribution < 1.29 is 0 Å². The summed E-state index contributed by atoms with van der Waals surface area (Å²) in [6.45, 7) is 0. The lowest BCUT2D eigenvalue weighted by atomic mass is 10.2. The summed E-state index contributed by atoms with van der Waals surface area (Å²) in [6, 6.07) is 17.6. The second-order valence-electron chi connectivity index (χ2n) is 6.03. The summed E-state index contributed by atoms with van der Waals surface area (Å²) in [5, 5.41) is 4.37. The van der Waals surface area contributed by atoms with Gasteiger partial charge in [-0.05, 0) is 42.5 Å². The van der Waals surface area contributed by atoms with E-state index in [-0.39, 0.29) is 0 Å². The zero-order chi connectivity index (χ0) is 18.1. The van der Waals surface area contributed by atoms with Crippen LogP contribution in [0.25, 0.3) is 33.3 Å². The van der Waals surface area contributed by atoms with E-state index >= 15 is 0 Å². The van der Waals surface area contributed by atoms with Gasteiger partial charge in [-0.3, -0.25) is 15.0 Å². The molecule has 0 saturated heterocycles. The van der Waals surface area contributed by atoms with Crippen LogP contribution < -0.4 is 5.32 Å². The number of hydrogen-bond donors (Lipinski definition) is 1. The van der Waals surface area contributed by atoms with Crippen molar-refractivity contribution in [2.45, 2.75) is 0 Å². The maximum absolute atomic E-state index is 4.76. The highest BCUT2D eigenvalue weighted by Gasteiger charge is 2.10. The molecule has 0 bridgehead atoms. The van der Waals surface area contributed by atoms with E-state index in [0.29, 0.717) is 5.82 Å². The summed E-state index contributed by atoms with van der Waals surface area (Å²) in [4.78, 5) is 22.2. The molecule has 6 nitrogen and oxygen atoms in total. The van der Waals surface area contributed by atoms with E-state index in [1.54, 1.807) is 24.8 Å². The summed E-state index contributed by atoms with van der Waals surface area (Å²) in [5.74, 6) is 1.40. The van der Waals surface area contributed by atoms with Crippen LogP contribution in [0.1, 0.15) is 0 Å². The molecule has 0 aliphatic rings. The third-order valence-corrected chi connectivity index (χ3v) is 4.27. The maximum atomic E-state index is 4.76. The Morgan fingerprint density at radius 2 is 1.48 bits per heavy atom. The summed E-state index contributed by atoms with van der Waals surface area (Å²) < 4.78 is 0. The molecule has 27 heavy (non-hydrogen) atoms. The van der Waals surface area contributed by atoms with Gasteiger partial charge < -0.3 is 5.32 Å². The third-order valence-electron chi connectivity index (χ3n) is 4.27. The summed E-state index contributed by atoms with van der Waals surface area (Å²) >= 11 is 0. The van der Waals surface area contributed by atoms with Gasteiger partial charge in [-0.15, -0.1) is 0 Å². The molecule has 0 radical (unpaired) electrons. The van der Waals surface area contributed by atoms with Crippen molar-refractivity contribution in [2.24, 2.45) is 0 Å². The van der Waals surface area contributed by atoms with Gasteiger partial charge in [-0.1, -0.05) is 12.1 Å². The second kappa shape index (κ2) is 6.42. The molecule has 3 heterocycles. The van der Waals surface area contributed by atoms with Gasteiger partial charge >= 0.3 is 0 Å². The number of nitrogens with one attached hydrogen (secondary N) is 1. The van der Waals surface area contributed by atoms with Crippen LogP contribution >= 0.6 is 0 Å². The van der Waals surface area contributed by atoms with E-state index in [9.17, 15) is 0 Å². The lowest BCUT2D eigenvalue weighted by molar-refractivity contribution is 1.21. The van der Waals surface area contributed by atoms with Crippen LogP contribution in [0.4, 0.5) is 11.5 Å². The van der Waals surface area contributed by atoms with E-state index < -0.39 is 0 Å². The van der Waals surface area contributed by atoms with Crippen molar-refractivity contribution in [1.82, 2.24) is 24.9 Å². The van der Waals surface area contributed by atoms with Crippen LogP contribution in [-0.2, 0) is 0 Å². The molecule has 3 aromatic heterocycles. The van der Waals surface area contributed by atoms with E-state index in [2.05, 4.69) is 20.3 Å². The zero-order valence-corrected chi connectivity index (χ0v) is 14.2. The maximum Gasteiger partial charge on any atom is 0.162 e. The van der Waals surface area contributed by atoms with Crippen LogP contribution in [0.15, 0.2) is 79.4 Å². The number of hydrogen-bond acceptors (Lipinski definition) is 6. The number of para-hydroxylation sites is 1. The molecule has 0 spiro atoms. The fourth-order valence-electron chi connectivity index (χ4n) is 2.98. The highest BCUT2D eigenvalue weighted by molar-refractivity contribution is 5.93. The Morgan fingerprint density at radius 3 is 2.37 bits per heavy atom. The van der Waals surface area contributed by atoms with E-state index in [1.165, 1.54) is 0 Å². The first-order chi connectivity index (χ1) is 13.4. The normalized spacial score (nSPS) is 11.0. The summed E-state index contributed by atoms with van der Waals surface area (Å²) in [6.07, 6.45) is 6.86. The minimum absolute atomic E-state index is 0.652. The summed E-state index contributed by atoms with van der Waals surface area (Å²) in [7, 11) is 0. The number of benzene rings is 2. The molecule has 0 fully saturated rings. The smallest absolute Gasteiger partial charge is 0.162 e. The van der Waals surface area contributed by atoms with Gasteiger partial charge in [0.15, 0.2) is 5.82 Å². The predicted molar refractivity (Wildman–Crippen MR) is 106 cm³/mol. The van der Waals surface area contributed by atoms with Crippen LogP contribution in [0.5, 0.6) is 0 Å². The van der Waals surface area contributed by atoms with Gasteiger partial charge in [0, 0.05) is 41.4 Å². The SMILES string of the molecule is c1ccc2c(Nc3ccc4nccnc4c3)nc(-c3ccncc3)nc2c1. The molecular formula is C21H14N6. The van der Waals surface area contributed by atoms with E-state index in [4.69, 9.17) is 9.97 Å². The minimum Gasteiger partial charge on any atom is -0.340 e. The molecule has 0 atom stereocenters. The first kappa shape index (κ1) is 15.3. The molecule has 0 amide bonds. The van der Waals surface area contributed by atoms with Gasteiger partial charge in [-0.2, -0.15) is 0 Å². The Morgan fingerprint density at radius 1 is 0.667 bits per heavy atom. The quantitative estimate of drug-likeness (QED) is 0.520. The van der Waals surface area contributed by atoms with Crippen LogP contribution in [0.2, 0.25) is 0 Å². The number of aromatic nitrogens is 5. The number of rotatable bonds is 3. The van der Waals surface area contributed by atoms with Gasteiger partial charge in [-0.25, -0.2) is 9.97 Å². The zero-order valence-electron chi connectivity index (χ0n) is 14.2. The van der Waals surface area contributed by atoms with Gasteiger partial charge in [0.05, 0.1) is 16.6 Å². The van der Waals surface area contributed by atoms with Gasteiger partial charge in [0.25, 0.3) is 0 Å². The minimum atomic E-state index is 0.652. The largest absolute Gasteiger partial charge is 0.340 e. The fourth-order valence-corrected chi connectivity index (χ4v) is 2.98. The molecule has 1 N–H and O–H groups in total. The van der Waals surface area contributed by atoms with E-state index in [0.717, 1.165) is 39.0 Å². The fraction of sp³-hybridized carbons (Fsp3) is 0. The number of nitrogens with zero attached hydrogens (tertiary/aromatic N) is 5. The molecule has 128 valence electrons. The van der Waals surface area contributed by atoms with Crippen molar-refractivity contribution in [2.75, 3.05) is 5.32 Å². The molecule has 0 aliphatic carbocycles. The lowest BCUT2D eigenvalue weighted by Crippen LogP contribution is -1.99. The van der Waals surface area contributed by atoms with Gasteiger partial charge in [0.1, 0.15) is 5.82 Å². The third kappa shape index (κ3) is 2.93. The molecule has 0 aliphatic heterocycles. The number of pyridine rings is 1. The lowest BCUT2D eigenvalue weighted by Gasteiger charge is -2.11. The van der Waals surface area contributed by atoms with Crippen molar-refractivity contribution in [3.05, 3.63) is 79.4 Å². The van der Waals surface area contributed by atoms with Crippen LogP contribution in [0.3, 0.4) is 0 Å². The van der Waals surface area contributed by atoms with Gasteiger partial charge in [0.2, 0.25) is 0 Å². The Bertz CT molecular complexity index is 1250. The highest BCUT2D eigenvalue weighted by atomic mass is 15.0. The molecule has 2 aromatic carbocycles. The second-order valence-corrected chi connectivity index (χ2v) is 6.03. The van der Waals surface area contributed by atoms with Crippen molar-refractivity contribution in [1.29, 1.82) is 0 Å². The number of fused-ring (bicyclic) bond motifs is 2. The molecule has 0 saturated carbocycles. The Balaban J connectivity index is 1.64. The predicted octanol–water partition coefficient (Wildman–Crippen LogP) is 4.38. The van der Waals surface area contributed by atoms with Crippen LogP contribution in [-0.4, -0.2) is 24.9 Å². The average molecular weight is 350 g/mol.